The van der Waals surface area contributed by atoms with Gasteiger partial charge in [0.05, 0.1) is 10.5 Å². The van der Waals surface area contributed by atoms with Crippen LogP contribution in [0.15, 0.2) is 53.4 Å². The average molecular weight is 376 g/mol. The van der Waals surface area contributed by atoms with Gasteiger partial charge in [-0.15, -0.1) is 0 Å². The van der Waals surface area contributed by atoms with Crippen molar-refractivity contribution in [1.29, 1.82) is 0 Å². The number of nitrogens with one attached hydrogen (secondary N) is 2. The standard InChI is InChI=1S/C19H24N2O4S/c1-2-3-7-12-21-26(24,25)16-10-11-18(17(13-16)19(22)23)20-14-15-8-5-4-6-9-15/h4-6,8-11,13,20-21H,2-3,7,12,14H2,1H3,(H,22,23). The first-order chi connectivity index (χ1) is 12.4. The molecule has 6 nitrogen and oxygen atoms in total. The smallest absolute Gasteiger partial charge is 0.337 e. The maximum atomic E-state index is 12.3. The van der Waals surface area contributed by atoms with Crippen LogP contribution in [-0.2, 0) is 16.6 Å². The van der Waals surface area contributed by atoms with Crippen molar-refractivity contribution in [3.63, 3.8) is 0 Å². The lowest BCUT2D eigenvalue weighted by Gasteiger charge is -2.12. The van der Waals surface area contributed by atoms with Crippen LogP contribution in [-0.4, -0.2) is 26.0 Å². The number of hydrogen-bond donors (Lipinski definition) is 3. The summed E-state index contributed by atoms with van der Waals surface area (Å²) in [5.41, 5.74) is 1.31. The molecule has 0 unspecified atom stereocenters. The lowest BCUT2D eigenvalue weighted by Crippen LogP contribution is -2.25. The highest BCUT2D eigenvalue weighted by Gasteiger charge is 2.18. The summed E-state index contributed by atoms with van der Waals surface area (Å²) in [5, 5.41) is 12.5. The number of aromatic carboxylic acids is 1. The van der Waals surface area contributed by atoms with Gasteiger partial charge in [0.2, 0.25) is 10.0 Å². The summed E-state index contributed by atoms with van der Waals surface area (Å²) in [6.07, 6.45) is 2.68. The lowest BCUT2D eigenvalue weighted by molar-refractivity contribution is 0.0697. The van der Waals surface area contributed by atoms with Crippen LogP contribution in [0.3, 0.4) is 0 Å². The molecule has 0 bridgehead atoms. The van der Waals surface area contributed by atoms with Crippen LogP contribution >= 0.6 is 0 Å². The second kappa shape index (κ2) is 9.35. The van der Waals surface area contributed by atoms with Gasteiger partial charge in [0.1, 0.15) is 0 Å². The van der Waals surface area contributed by atoms with Crippen molar-refractivity contribution in [2.45, 2.75) is 37.6 Å². The molecule has 140 valence electrons. The Hall–Kier alpha value is -2.38. The number of anilines is 1. The quantitative estimate of drug-likeness (QED) is 0.552. The third kappa shape index (κ3) is 5.57. The van der Waals surface area contributed by atoms with Crippen molar-refractivity contribution >= 4 is 21.7 Å². The minimum Gasteiger partial charge on any atom is -0.478 e. The molecule has 0 saturated carbocycles. The second-order valence-electron chi connectivity index (χ2n) is 5.96. The normalized spacial score (nSPS) is 11.3. The first-order valence-electron chi connectivity index (χ1n) is 8.59. The van der Waals surface area contributed by atoms with Crippen molar-refractivity contribution in [3.05, 3.63) is 59.7 Å². The Labute approximate surface area is 154 Å². The zero-order chi connectivity index (χ0) is 19.0. The van der Waals surface area contributed by atoms with Crippen molar-refractivity contribution in [2.24, 2.45) is 0 Å². The molecule has 3 N–H and O–H groups in total. The molecule has 2 rings (SSSR count). The van der Waals surface area contributed by atoms with Gasteiger partial charge < -0.3 is 10.4 Å². The fourth-order valence-corrected chi connectivity index (χ4v) is 3.58. The van der Waals surface area contributed by atoms with E-state index in [1.807, 2.05) is 37.3 Å². The molecule has 0 aromatic heterocycles. The monoisotopic (exact) mass is 376 g/mol. The second-order valence-corrected chi connectivity index (χ2v) is 7.72. The van der Waals surface area contributed by atoms with Gasteiger partial charge >= 0.3 is 5.97 Å². The molecular formula is C19H24N2O4S. The highest BCUT2D eigenvalue weighted by atomic mass is 32.2. The summed E-state index contributed by atoms with van der Waals surface area (Å²) in [7, 11) is -3.72. The summed E-state index contributed by atoms with van der Waals surface area (Å²) < 4.78 is 27.2. The number of benzene rings is 2. The van der Waals surface area contributed by atoms with Crippen LogP contribution in [0.4, 0.5) is 5.69 Å². The number of carboxylic acid groups (broad SMARTS) is 1. The number of hydrogen-bond acceptors (Lipinski definition) is 4. The fourth-order valence-electron chi connectivity index (χ4n) is 2.48. The number of carboxylic acids is 1. The summed E-state index contributed by atoms with van der Waals surface area (Å²) in [4.78, 5) is 11.5. The van der Waals surface area contributed by atoms with Crippen LogP contribution in [0.2, 0.25) is 0 Å². The van der Waals surface area contributed by atoms with Gasteiger partial charge in [-0.1, -0.05) is 50.1 Å². The van der Waals surface area contributed by atoms with Crippen molar-refractivity contribution < 1.29 is 18.3 Å². The molecule has 0 aliphatic heterocycles. The Bertz CT molecular complexity index is 836. The van der Waals surface area contributed by atoms with E-state index in [4.69, 9.17) is 0 Å². The first-order valence-corrected chi connectivity index (χ1v) is 10.1. The van der Waals surface area contributed by atoms with Crippen molar-refractivity contribution in [3.8, 4) is 0 Å². The molecule has 0 atom stereocenters. The van der Waals surface area contributed by atoms with E-state index < -0.39 is 16.0 Å². The van der Waals surface area contributed by atoms with Crippen LogP contribution in [0.25, 0.3) is 0 Å². The SMILES string of the molecule is CCCCCNS(=O)(=O)c1ccc(NCc2ccccc2)c(C(=O)O)c1. The van der Waals surface area contributed by atoms with E-state index in [2.05, 4.69) is 10.0 Å². The van der Waals surface area contributed by atoms with E-state index in [-0.39, 0.29) is 10.5 Å². The highest BCUT2D eigenvalue weighted by molar-refractivity contribution is 7.89. The van der Waals surface area contributed by atoms with Crippen molar-refractivity contribution in [2.75, 3.05) is 11.9 Å². The number of rotatable bonds is 10. The third-order valence-corrected chi connectivity index (χ3v) is 5.39. The molecular weight excluding hydrogens is 352 g/mol. The van der Waals surface area contributed by atoms with Gasteiger partial charge in [-0.3, -0.25) is 0 Å². The van der Waals surface area contributed by atoms with Crippen LogP contribution in [0, 0.1) is 0 Å². The molecule has 0 saturated heterocycles. The van der Waals surface area contributed by atoms with Crippen LogP contribution in [0.1, 0.15) is 42.1 Å². The maximum Gasteiger partial charge on any atom is 0.337 e. The Kier molecular flexibility index (Phi) is 7.17. The number of carbonyl (C=O) groups is 1. The fraction of sp³-hybridized carbons (Fsp3) is 0.316. The van der Waals surface area contributed by atoms with E-state index >= 15 is 0 Å². The Morgan fingerprint density at radius 2 is 1.81 bits per heavy atom. The highest BCUT2D eigenvalue weighted by Crippen LogP contribution is 2.21. The molecule has 0 aliphatic rings. The summed E-state index contributed by atoms with van der Waals surface area (Å²) >= 11 is 0. The van der Waals surface area contributed by atoms with Crippen LogP contribution in [0.5, 0.6) is 0 Å². The van der Waals surface area contributed by atoms with Gasteiger partial charge in [-0.05, 0) is 30.2 Å². The van der Waals surface area contributed by atoms with E-state index in [9.17, 15) is 18.3 Å². The maximum absolute atomic E-state index is 12.3. The van der Waals surface area contributed by atoms with E-state index in [0.717, 1.165) is 24.8 Å². The van der Waals surface area contributed by atoms with Gasteiger partial charge in [-0.25, -0.2) is 17.9 Å². The largest absolute Gasteiger partial charge is 0.478 e. The molecule has 2 aromatic carbocycles. The summed E-state index contributed by atoms with van der Waals surface area (Å²) in [6, 6.07) is 13.6. The molecule has 0 spiro atoms. The third-order valence-electron chi connectivity index (χ3n) is 3.93. The van der Waals surface area contributed by atoms with E-state index in [1.165, 1.54) is 18.2 Å². The van der Waals surface area contributed by atoms with Crippen LogP contribution < -0.4 is 10.0 Å². The molecule has 0 amide bonds. The summed E-state index contributed by atoms with van der Waals surface area (Å²) in [6.45, 7) is 2.82. The topological polar surface area (TPSA) is 95.5 Å². The van der Waals surface area contributed by atoms with E-state index in [1.54, 1.807) is 0 Å². The Balaban J connectivity index is 2.16. The van der Waals surface area contributed by atoms with Gasteiger partial charge in [0.15, 0.2) is 0 Å². The Morgan fingerprint density at radius 3 is 2.46 bits per heavy atom. The molecule has 7 heteroatoms. The van der Waals surface area contributed by atoms with Gasteiger partial charge in [-0.2, -0.15) is 0 Å². The molecule has 26 heavy (non-hydrogen) atoms. The predicted molar refractivity (Wildman–Crippen MR) is 102 cm³/mol. The van der Waals surface area contributed by atoms with Crippen molar-refractivity contribution in [1.82, 2.24) is 4.72 Å². The zero-order valence-electron chi connectivity index (χ0n) is 14.7. The zero-order valence-corrected chi connectivity index (χ0v) is 15.6. The molecule has 0 aliphatic carbocycles. The first kappa shape index (κ1) is 19.9. The summed E-state index contributed by atoms with van der Waals surface area (Å²) in [5.74, 6) is -1.18. The Morgan fingerprint density at radius 1 is 1.08 bits per heavy atom. The molecule has 0 fully saturated rings. The lowest BCUT2D eigenvalue weighted by atomic mass is 10.1. The predicted octanol–water partition coefficient (Wildman–Crippen LogP) is 3.47. The number of sulfonamides is 1. The average Bonchev–Trinajstić information content (AvgIpc) is 2.64. The molecule has 0 heterocycles. The minimum absolute atomic E-state index is 0.0448. The molecule has 2 aromatic rings. The minimum atomic E-state index is -3.72. The number of unbranched alkanes of at least 4 members (excludes halogenated alkanes) is 2. The van der Waals surface area contributed by atoms with Gasteiger partial charge in [0.25, 0.3) is 0 Å². The van der Waals surface area contributed by atoms with Gasteiger partial charge in [0, 0.05) is 18.8 Å². The van der Waals surface area contributed by atoms with E-state index in [0.29, 0.717) is 18.8 Å². The molecule has 0 radical (unpaired) electrons.